The van der Waals surface area contributed by atoms with Crippen molar-refractivity contribution in [3.63, 3.8) is 0 Å². The van der Waals surface area contributed by atoms with Crippen LogP contribution in [0.4, 0.5) is 0 Å². The van der Waals surface area contributed by atoms with E-state index in [-0.39, 0.29) is 12.0 Å². The van der Waals surface area contributed by atoms with Crippen LogP contribution in [0.3, 0.4) is 0 Å². The molecule has 0 atom stereocenters. The average Bonchev–Trinajstić information content (AvgIpc) is 3.03. The average molecular weight is 366 g/mol. The van der Waals surface area contributed by atoms with E-state index in [1.165, 1.54) is 11.3 Å². The zero-order valence-corrected chi connectivity index (χ0v) is 16.0. The molecule has 2 aromatic carbocycles. The lowest BCUT2D eigenvalue weighted by Crippen LogP contribution is -2.22. The Morgan fingerprint density at radius 3 is 2.46 bits per heavy atom. The molecule has 3 aromatic rings. The predicted octanol–water partition coefficient (Wildman–Crippen LogP) is 4.84. The highest BCUT2D eigenvalue weighted by Gasteiger charge is 2.15. The SMILES string of the molecule is Cc1nc(-c2ccccc2)sc1C(=O)NCc1ccc(OC(C)C)cc1. The Balaban J connectivity index is 1.64. The Morgan fingerprint density at radius 2 is 1.81 bits per heavy atom. The monoisotopic (exact) mass is 366 g/mol. The van der Waals surface area contributed by atoms with E-state index in [1.54, 1.807) is 0 Å². The fourth-order valence-electron chi connectivity index (χ4n) is 2.53. The van der Waals surface area contributed by atoms with Crippen molar-refractivity contribution in [2.24, 2.45) is 0 Å². The Morgan fingerprint density at radius 1 is 1.12 bits per heavy atom. The van der Waals surface area contributed by atoms with Crippen LogP contribution in [0, 0.1) is 6.92 Å². The Hall–Kier alpha value is -2.66. The molecule has 4 nitrogen and oxygen atoms in total. The molecule has 0 radical (unpaired) electrons. The molecule has 3 rings (SSSR count). The van der Waals surface area contributed by atoms with Gasteiger partial charge in [0.1, 0.15) is 15.6 Å². The fraction of sp³-hybridized carbons (Fsp3) is 0.238. The van der Waals surface area contributed by atoms with Crippen LogP contribution in [0.5, 0.6) is 5.75 Å². The minimum atomic E-state index is -0.0929. The molecule has 0 fully saturated rings. The quantitative estimate of drug-likeness (QED) is 0.679. The molecule has 0 spiro atoms. The molecule has 0 bridgehead atoms. The third kappa shape index (κ3) is 4.49. The summed E-state index contributed by atoms with van der Waals surface area (Å²) in [6, 6.07) is 17.7. The maximum atomic E-state index is 12.5. The number of amides is 1. The molecule has 134 valence electrons. The van der Waals surface area contributed by atoms with Crippen LogP contribution in [0.2, 0.25) is 0 Å². The van der Waals surface area contributed by atoms with Gasteiger partial charge in [-0.05, 0) is 38.5 Å². The summed E-state index contributed by atoms with van der Waals surface area (Å²) >= 11 is 1.42. The number of carbonyl (C=O) groups excluding carboxylic acids is 1. The van der Waals surface area contributed by atoms with Crippen molar-refractivity contribution < 1.29 is 9.53 Å². The lowest BCUT2D eigenvalue weighted by Gasteiger charge is -2.10. The van der Waals surface area contributed by atoms with Crippen LogP contribution in [-0.2, 0) is 6.54 Å². The van der Waals surface area contributed by atoms with E-state index in [9.17, 15) is 4.79 Å². The van der Waals surface area contributed by atoms with E-state index in [4.69, 9.17) is 4.74 Å². The molecule has 0 aliphatic heterocycles. The smallest absolute Gasteiger partial charge is 0.263 e. The van der Waals surface area contributed by atoms with Crippen molar-refractivity contribution >= 4 is 17.2 Å². The molecule has 0 unspecified atom stereocenters. The lowest BCUT2D eigenvalue weighted by atomic mass is 10.2. The summed E-state index contributed by atoms with van der Waals surface area (Å²) < 4.78 is 5.63. The highest BCUT2D eigenvalue weighted by molar-refractivity contribution is 7.17. The summed E-state index contributed by atoms with van der Waals surface area (Å²) in [5.41, 5.74) is 2.81. The minimum Gasteiger partial charge on any atom is -0.491 e. The lowest BCUT2D eigenvalue weighted by molar-refractivity contribution is 0.0954. The second-order valence-corrected chi connectivity index (χ2v) is 7.29. The van der Waals surface area contributed by atoms with Gasteiger partial charge >= 0.3 is 0 Å². The van der Waals surface area contributed by atoms with Crippen LogP contribution >= 0.6 is 11.3 Å². The molecular weight excluding hydrogens is 344 g/mol. The van der Waals surface area contributed by atoms with Crippen molar-refractivity contribution in [3.05, 3.63) is 70.7 Å². The van der Waals surface area contributed by atoms with Crippen molar-refractivity contribution in [3.8, 4) is 16.3 Å². The minimum absolute atomic E-state index is 0.0929. The van der Waals surface area contributed by atoms with Gasteiger partial charge in [0.15, 0.2) is 0 Å². The van der Waals surface area contributed by atoms with Crippen LogP contribution in [0.25, 0.3) is 10.6 Å². The van der Waals surface area contributed by atoms with Gasteiger partial charge in [0.2, 0.25) is 0 Å². The predicted molar refractivity (Wildman–Crippen MR) is 106 cm³/mol. The number of aromatic nitrogens is 1. The molecule has 1 amide bonds. The summed E-state index contributed by atoms with van der Waals surface area (Å²) in [5, 5.41) is 3.84. The first-order chi connectivity index (χ1) is 12.5. The van der Waals surface area contributed by atoms with Crippen LogP contribution in [0.1, 0.15) is 34.8 Å². The molecule has 1 N–H and O–H groups in total. The first kappa shape index (κ1) is 18.1. The molecule has 0 saturated carbocycles. The maximum absolute atomic E-state index is 12.5. The number of nitrogens with one attached hydrogen (secondary N) is 1. The van der Waals surface area contributed by atoms with Gasteiger partial charge in [0.25, 0.3) is 5.91 Å². The Bertz CT molecular complexity index is 871. The fourth-order valence-corrected chi connectivity index (χ4v) is 3.52. The summed E-state index contributed by atoms with van der Waals surface area (Å²) in [6.45, 7) is 6.33. The summed E-state index contributed by atoms with van der Waals surface area (Å²) in [6.07, 6.45) is 0.147. The number of ether oxygens (including phenoxy) is 1. The number of thiazole rings is 1. The molecule has 5 heteroatoms. The van der Waals surface area contributed by atoms with Gasteiger partial charge in [-0.3, -0.25) is 4.79 Å². The highest BCUT2D eigenvalue weighted by Crippen LogP contribution is 2.27. The number of hydrogen-bond acceptors (Lipinski definition) is 4. The van der Waals surface area contributed by atoms with E-state index in [2.05, 4.69) is 10.3 Å². The zero-order valence-electron chi connectivity index (χ0n) is 15.2. The van der Waals surface area contributed by atoms with E-state index in [0.717, 1.165) is 27.6 Å². The number of carbonyl (C=O) groups is 1. The van der Waals surface area contributed by atoms with Gasteiger partial charge in [-0.25, -0.2) is 4.98 Å². The zero-order chi connectivity index (χ0) is 18.5. The summed E-state index contributed by atoms with van der Waals surface area (Å²) in [4.78, 5) is 17.7. The second-order valence-electron chi connectivity index (χ2n) is 6.29. The van der Waals surface area contributed by atoms with E-state index in [0.29, 0.717) is 11.4 Å². The standard InChI is InChI=1S/C21H22N2O2S/c1-14(2)25-18-11-9-16(10-12-18)13-22-20(24)19-15(3)23-21(26-19)17-7-5-4-6-8-17/h4-12,14H,13H2,1-3H3,(H,22,24). The second kappa shape index (κ2) is 8.15. The van der Waals surface area contributed by atoms with Crippen molar-refractivity contribution in [1.29, 1.82) is 0 Å². The van der Waals surface area contributed by atoms with Gasteiger partial charge < -0.3 is 10.1 Å². The number of aryl methyl sites for hydroxylation is 1. The van der Waals surface area contributed by atoms with Crippen molar-refractivity contribution in [1.82, 2.24) is 10.3 Å². The van der Waals surface area contributed by atoms with E-state index < -0.39 is 0 Å². The van der Waals surface area contributed by atoms with Crippen LogP contribution < -0.4 is 10.1 Å². The molecule has 26 heavy (non-hydrogen) atoms. The third-order valence-corrected chi connectivity index (χ3v) is 4.98. The molecule has 0 aliphatic rings. The number of nitrogens with zero attached hydrogens (tertiary/aromatic N) is 1. The third-order valence-electron chi connectivity index (χ3n) is 3.77. The van der Waals surface area contributed by atoms with Crippen LogP contribution in [-0.4, -0.2) is 17.0 Å². The largest absolute Gasteiger partial charge is 0.491 e. The normalized spacial score (nSPS) is 10.8. The Kier molecular flexibility index (Phi) is 5.68. The van der Waals surface area contributed by atoms with Crippen LogP contribution in [0.15, 0.2) is 54.6 Å². The van der Waals surface area contributed by atoms with Crippen molar-refractivity contribution in [2.45, 2.75) is 33.4 Å². The van der Waals surface area contributed by atoms with E-state index >= 15 is 0 Å². The molecular formula is C21H22N2O2S. The number of rotatable bonds is 6. The van der Waals surface area contributed by atoms with Gasteiger partial charge in [0.05, 0.1) is 11.8 Å². The molecule has 1 aromatic heterocycles. The molecule has 1 heterocycles. The molecule has 0 aliphatic carbocycles. The highest BCUT2D eigenvalue weighted by atomic mass is 32.1. The van der Waals surface area contributed by atoms with Crippen molar-refractivity contribution in [2.75, 3.05) is 0 Å². The number of hydrogen-bond donors (Lipinski definition) is 1. The summed E-state index contributed by atoms with van der Waals surface area (Å²) in [7, 11) is 0. The molecule has 0 saturated heterocycles. The van der Waals surface area contributed by atoms with Gasteiger partial charge in [-0.15, -0.1) is 11.3 Å². The Labute approximate surface area is 157 Å². The first-order valence-corrected chi connectivity index (χ1v) is 9.41. The topological polar surface area (TPSA) is 51.2 Å². The first-order valence-electron chi connectivity index (χ1n) is 8.59. The maximum Gasteiger partial charge on any atom is 0.263 e. The van der Waals surface area contributed by atoms with Gasteiger partial charge in [-0.1, -0.05) is 42.5 Å². The van der Waals surface area contributed by atoms with Gasteiger partial charge in [0, 0.05) is 12.1 Å². The van der Waals surface area contributed by atoms with Gasteiger partial charge in [-0.2, -0.15) is 0 Å². The van der Waals surface area contributed by atoms with E-state index in [1.807, 2.05) is 75.4 Å². The number of benzene rings is 2. The summed E-state index contributed by atoms with van der Waals surface area (Å²) in [5.74, 6) is 0.741.